The predicted octanol–water partition coefficient (Wildman–Crippen LogP) is 1.66. The van der Waals surface area contributed by atoms with Gasteiger partial charge in [0.25, 0.3) is 0 Å². The third-order valence-electron chi connectivity index (χ3n) is 5.28. The molecule has 3 rings (SSSR count). The minimum absolute atomic E-state index is 0.0309. The Labute approximate surface area is 146 Å². The van der Waals surface area contributed by atoms with Crippen LogP contribution in [0.5, 0.6) is 0 Å². The maximum absolute atomic E-state index is 13.2. The molecule has 6 nitrogen and oxygen atoms in total. The number of rotatable bonds is 4. The van der Waals surface area contributed by atoms with Gasteiger partial charge in [0, 0.05) is 19.4 Å². The van der Waals surface area contributed by atoms with Crippen LogP contribution in [0.2, 0.25) is 0 Å². The summed E-state index contributed by atoms with van der Waals surface area (Å²) in [5.41, 5.74) is -0.509. The van der Waals surface area contributed by atoms with Crippen LogP contribution in [0.3, 0.4) is 0 Å². The number of likely N-dealkylation sites (tertiary alicyclic amines) is 1. The van der Waals surface area contributed by atoms with Gasteiger partial charge in [-0.25, -0.2) is 0 Å². The Morgan fingerprint density at radius 3 is 2.64 bits per heavy atom. The summed E-state index contributed by atoms with van der Waals surface area (Å²) < 4.78 is 5.09. The minimum atomic E-state index is -1.37. The van der Waals surface area contributed by atoms with Crippen molar-refractivity contribution in [3.05, 3.63) is 35.9 Å². The quantitative estimate of drug-likeness (QED) is 0.663. The summed E-state index contributed by atoms with van der Waals surface area (Å²) in [4.78, 5) is 39.6. The number of ketones is 1. The van der Waals surface area contributed by atoms with Crippen molar-refractivity contribution in [1.29, 1.82) is 0 Å². The molecular formula is C19H23NO5. The topological polar surface area (TPSA) is 83.9 Å². The zero-order chi connectivity index (χ0) is 18.0. The second-order valence-electron chi connectivity index (χ2n) is 6.69. The first-order valence-corrected chi connectivity index (χ1v) is 8.73. The molecule has 0 unspecified atom stereocenters. The summed E-state index contributed by atoms with van der Waals surface area (Å²) >= 11 is 0. The molecule has 1 N–H and O–H groups in total. The van der Waals surface area contributed by atoms with Crippen LogP contribution in [0.1, 0.15) is 38.2 Å². The molecule has 1 spiro atoms. The molecule has 134 valence electrons. The van der Waals surface area contributed by atoms with E-state index in [4.69, 9.17) is 4.74 Å². The number of esters is 1. The van der Waals surface area contributed by atoms with Gasteiger partial charge in [-0.05, 0) is 25.3 Å². The second-order valence-corrected chi connectivity index (χ2v) is 6.69. The van der Waals surface area contributed by atoms with Crippen LogP contribution >= 0.6 is 0 Å². The smallest absolute Gasteiger partial charge is 0.310 e. The summed E-state index contributed by atoms with van der Waals surface area (Å²) in [5.74, 6) is -2.13. The highest BCUT2D eigenvalue weighted by atomic mass is 16.5. The lowest BCUT2D eigenvalue weighted by atomic mass is 9.67. The van der Waals surface area contributed by atoms with Crippen molar-refractivity contribution in [2.24, 2.45) is 11.3 Å². The highest BCUT2D eigenvalue weighted by Gasteiger charge is 2.62. The number of aliphatic hydroxyl groups is 1. The van der Waals surface area contributed by atoms with E-state index in [1.807, 2.05) is 30.3 Å². The molecule has 3 atom stereocenters. The van der Waals surface area contributed by atoms with Crippen LogP contribution < -0.4 is 0 Å². The van der Waals surface area contributed by atoms with E-state index in [0.29, 0.717) is 12.8 Å². The maximum atomic E-state index is 13.2. The molecule has 6 heteroatoms. The fourth-order valence-electron chi connectivity index (χ4n) is 4.06. The Morgan fingerprint density at radius 1 is 1.32 bits per heavy atom. The summed E-state index contributed by atoms with van der Waals surface area (Å²) in [6, 6.07) is 9.31. The number of hydrogen-bond donors (Lipinski definition) is 1. The molecule has 1 saturated carbocycles. The number of aliphatic hydroxyl groups excluding tert-OH is 1. The van der Waals surface area contributed by atoms with E-state index in [9.17, 15) is 19.5 Å². The number of piperidine rings is 1. The van der Waals surface area contributed by atoms with Gasteiger partial charge in [-0.1, -0.05) is 30.3 Å². The van der Waals surface area contributed by atoms with Crippen molar-refractivity contribution in [1.82, 2.24) is 4.90 Å². The minimum Gasteiger partial charge on any atom is -0.466 e. The van der Waals surface area contributed by atoms with Crippen LogP contribution in [0, 0.1) is 11.3 Å². The first kappa shape index (κ1) is 17.6. The lowest BCUT2D eigenvalue weighted by Crippen LogP contribution is -2.61. The molecule has 1 aromatic rings. The van der Waals surface area contributed by atoms with Crippen molar-refractivity contribution in [2.75, 3.05) is 6.61 Å². The maximum Gasteiger partial charge on any atom is 0.310 e. The molecule has 2 fully saturated rings. The average molecular weight is 345 g/mol. The summed E-state index contributed by atoms with van der Waals surface area (Å²) in [5, 5.41) is 10.5. The van der Waals surface area contributed by atoms with Gasteiger partial charge in [0.2, 0.25) is 5.91 Å². The Kier molecular flexibility index (Phi) is 4.90. The van der Waals surface area contributed by atoms with Crippen LogP contribution in [-0.2, 0) is 25.7 Å². The number of ether oxygens (including phenoxy) is 1. The van der Waals surface area contributed by atoms with Gasteiger partial charge < -0.3 is 14.7 Å². The van der Waals surface area contributed by atoms with Crippen molar-refractivity contribution in [3.8, 4) is 0 Å². The second kappa shape index (κ2) is 6.96. The molecule has 0 aromatic heterocycles. The number of carbonyl (C=O) groups excluding carboxylic acids is 3. The highest BCUT2D eigenvalue weighted by Crippen LogP contribution is 2.49. The highest BCUT2D eigenvalue weighted by molar-refractivity contribution is 6.11. The standard InChI is InChI=1S/C19H23NO5/c1-2-25-17(23)14-11-16(22)20(12-13-7-4-3-5-8-13)18(24)19(14)10-6-9-15(19)21/h3-5,7-8,14,16,22H,2,6,9-12H2,1H3/t14-,16-,19+/m1/s1. The van der Waals surface area contributed by atoms with E-state index < -0.39 is 29.4 Å². The number of amides is 1. The average Bonchev–Trinajstić information content (AvgIpc) is 2.98. The van der Waals surface area contributed by atoms with E-state index in [2.05, 4.69) is 0 Å². The largest absolute Gasteiger partial charge is 0.466 e. The molecule has 1 amide bonds. The third kappa shape index (κ3) is 2.95. The fourth-order valence-corrected chi connectivity index (χ4v) is 4.06. The van der Waals surface area contributed by atoms with Crippen molar-refractivity contribution < 1.29 is 24.2 Å². The van der Waals surface area contributed by atoms with Crippen molar-refractivity contribution in [2.45, 2.75) is 45.4 Å². The first-order valence-electron chi connectivity index (χ1n) is 8.73. The Balaban J connectivity index is 1.94. The number of carbonyl (C=O) groups is 3. The molecule has 1 saturated heterocycles. The lowest BCUT2D eigenvalue weighted by Gasteiger charge is -2.45. The van der Waals surface area contributed by atoms with Crippen molar-refractivity contribution >= 4 is 17.7 Å². The molecule has 1 aliphatic carbocycles. The number of Topliss-reactive ketones (excluding diaryl/α,β-unsaturated/α-hetero) is 1. The van der Waals surface area contributed by atoms with E-state index in [1.165, 1.54) is 4.90 Å². The van der Waals surface area contributed by atoms with Gasteiger partial charge in [-0.2, -0.15) is 0 Å². The van der Waals surface area contributed by atoms with E-state index in [-0.39, 0.29) is 31.8 Å². The normalized spacial score (nSPS) is 29.3. The molecule has 25 heavy (non-hydrogen) atoms. The molecule has 0 radical (unpaired) electrons. The van der Waals surface area contributed by atoms with Gasteiger partial charge in [0.1, 0.15) is 17.4 Å². The molecule has 1 aliphatic heterocycles. The first-order chi connectivity index (χ1) is 12.0. The third-order valence-corrected chi connectivity index (χ3v) is 5.28. The van der Waals surface area contributed by atoms with E-state index >= 15 is 0 Å². The van der Waals surface area contributed by atoms with Crippen LogP contribution in [-0.4, -0.2) is 40.5 Å². The number of benzene rings is 1. The summed E-state index contributed by atoms with van der Waals surface area (Å²) in [7, 11) is 0. The van der Waals surface area contributed by atoms with Crippen molar-refractivity contribution in [3.63, 3.8) is 0 Å². The lowest BCUT2D eigenvalue weighted by molar-refractivity contribution is -0.184. The Hall–Kier alpha value is -2.21. The number of hydrogen-bond acceptors (Lipinski definition) is 5. The van der Waals surface area contributed by atoms with Gasteiger partial charge in [-0.3, -0.25) is 14.4 Å². The summed E-state index contributed by atoms with van der Waals surface area (Å²) in [6.45, 7) is 2.08. The zero-order valence-corrected chi connectivity index (χ0v) is 14.3. The van der Waals surface area contributed by atoms with Gasteiger partial charge in [0.15, 0.2) is 0 Å². The number of nitrogens with zero attached hydrogens (tertiary/aromatic N) is 1. The van der Waals surface area contributed by atoms with Crippen LogP contribution in [0.25, 0.3) is 0 Å². The molecule has 1 aromatic carbocycles. The van der Waals surface area contributed by atoms with Crippen LogP contribution in [0.15, 0.2) is 30.3 Å². The van der Waals surface area contributed by atoms with Gasteiger partial charge >= 0.3 is 5.97 Å². The van der Waals surface area contributed by atoms with E-state index in [1.54, 1.807) is 6.92 Å². The fraction of sp³-hybridized carbons (Fsp3) is 0.526. The molecule has 1 heterocycles. The Morgan fingerprint density at radius 2 is 2.04 bits per heavy atom. The van der Waals surface area contributed by atoms with Gasteiger partial charge in [-0.15, -0.1) is 0 Å². The molecule has 0 bridgehead atoms. The monoisotopic (exact) mass is 345 g/mol. The zero-order valence-electron chi connectivity index (χ0n) is 14.3. The summed E-state index contributed by atoms with van der Waals surface area (Å²) in [6.07, 6.45) is 0.128. The van der Waals surface area contributed by atoms with Gasteiger partial charge in [0.05, 0.1) is 12.5 Å². The predicted molar refractivity (Wildman–Crippen MR) is 89.0 cm³/mol. The van der Waals surface area contributed by atoms with Crippen LogP contribution in [0.4, 0.5) is 0 Å². The molecular weight excluding hydrogens is 322 g/mol. The Bertz CT molecular complexity index is 674. The molecule has 2 aliphatic rings. The van der Waals surface area contributed by atoms with E-state index in [0.717, 1.165) is 5.56 Å². The SMILES string of the molecule is CCOC(=O)[C@H]1C[C@@H](O)N(Cc2ccccc2)C(=O)[C@@]12CCCC2=O.